The third-order valence-corrected chi connectivity index (χ3v) is 3.79. The molecule has 0 bridgehead atoms. The van der Waals surface area contributed by atoms with E-state index in [4.69, 9.17) is 28.0 Å². The Labute approximate surface area is 140 Å². The fraction of sp³-hybridized carbons (Fsp3) is 0.250. The topological polar surface area (TPSA) is 67.8 Å². The van der Waals surface area contributed by atoms with Crippen molar-refractivity contribution in [2.45, 2.75) is 12.4 Å². The van der Waals surface area contributed by atoms with Gasteiger partial charge in [0.15, 0.2) is 0 Å². The van der Waals surface area contributed by atoms with Gasteiger partial charge in [-0.3, -0.25) is 4.72 Å². The van der Waals surface area contributed by atoms with Gasteiger partial charge in [-0.2, -0.15) is 21.6 Å². The van der Waals surface area contributed by atoms with E-state index >= 15 is 0 Å². The highest BCUT2D eigenvalue weighted by atomic mass is 35.5. The molecule has 0 aliphatic carbocycles. The van der Waals surface area contributed by atoms with Crippen molar-refractivity contribution in [1.82, 2.24) is 0 Å². The molecule has 0 aliphatic rings. The van der Waals surface area contributed by atoms with Gasteiger partial charge in [-0.15, -0.1) is 0 Å². The van der Waals surface area contributed by atoms with Crippen LogP contribution in [0.4, 0.5) is 18.9 Å². The zero-order chi connectivity index (χ0) is 17.7. The predicted octanol–water partition coefficient (Wildman–Crippen LogP) is 4.01. The maximum absolute atomic E-state index is 12.4. The lowest BCUT2D eigenvalue weighted by atomic mass is 10.1. The molecular formula is C12H11Cl2F3N2O3S. The average Bonchev–Trinajstić information content (AvgIpc) is 2.42. The summed E-state index contributed by atoms with van der Waals surface area (Å²) in [6.45, 7) is 1.38. The molecule has 1 N–H and O–H groups in total. The van der Waals surface area contributed by atoms with Crippen molar-refractivity contribution in [2.24, 2.45) is 5.16 Å². The molecule has 0 fully saturated rings. The molecule has 0 aliphatic heterocycles. The molecule has 0 atom stereocenters. The molecule has 1 rings (SSSR count). The minimum atomic E-state index is -5.53. The third kappa shape index (κ3) is 5.92. The first-order valence-corrected chi connectivity index (χ1v) is 8.14. The quantitative estimate of drug-likeness (QED) is 0.453. The maximum Gasteiger partial charge on any atom is 0.516 e. The van der Waals surface area contributed by atoms with Crippen molar-refractivity contribution in [3.05, 3.63) is 40.4 Å². The number of hydrogen-bond donors (Lipinski definition) is 1. The number of rotatable bonds is 6. The largest absolute Gasteiger partial charge is 0.516 e. The van der Waals surface area contributed by atoms with E-state index < -0.39 is 15.5 Å². The van der Waals surface area contributed by atoms with Gasteiger partial charge in [-0.1, -0.05) is 46.6 Å². The Balaban J connectivity index is 3.02. The lowest BCUT2D eigenvalue weighted by molar-refractivity contribution is -0.0429. The average molecular weight is 391 g/mol. The highest BCUT2D eigenvalue weighted by molar-refractivity contribution is 7.93. The number of nitrogens with one attached hydrogen (secondary N) is 1. The van der Waals surface area contributed by atoms with Crippen LogP contribution in [-0.2, 0) is 14.9 Å². The van der Waals surface area contributed by atoms with Crippen molar-refractivity contribution in [2.75, 3.05) is 11.3 Å². The van der Waals surface area contributed by atoms with Crippen molar-refractivity contribution < 1.29 is 26.4 Å². The van der Waals surface area contributed by atoms with Crippen LogP contribution >= 0.6 is 23.2 Å². The normalized spacial score (nSPS) is 12.7. The van der Waals surface area contributed by atoms with Crippen molar-refractivity contribution >= 4 is 44.6 Å². The van der Waals surface area contributed by atoms with Crippen LogP contribution in [0, 0.1) is 0 Å². The molecule has 0 aromatic heterocycles. The zero-order valence-corrected chi connectivity index (χ0v) is 13.9. The van der Waals surface area contributed by atoms with Crippen LogP contribution in [-0.4, -0.2) is 26.2 Å². The van der Waals surface area contributed by atoms with Crippen LogP contribution in [0.3, 0.4) is 0 Å². The summed E-state index contributed by atoms with van der Waals surface area (Å²) in [5.41, 5.74) is -5.42. The van der Waals surface area contributed by atoms with Crippen LogP contribution in [0.5, 0.6) is 0 Å². The molecule has 0 saturated heterocycles. The van der Waals surface area contributed by atoms with Gasteiger partial charge in [-0.25, -0.2) is 0 Å². The molecule has 11 heteroatoms. The molecule has 0 heterocycles. The summed E-state index contributed by atoms with van der Waals surface area (Å²) in [6, 6.07) is 5.45. The van der Waals surface area contributed by atoms with Gasteiger partial charge in [0, 0.05) is 5.56 Å². The summed E-state index contributed by atoms with van der Waals surface area (Å²) in [6.07, 6.45) is 1.30. The highest BCUT2D eigenvalue weighted by Crippen LogP contribution is 2.27. The number of alkyl halides is 3. The van der Waals surface area contributed by atoms with E-state index in [-0.39, 0.29) is 28.1 Å². The summed E-state index contributed by atoms with van der Waals surface area (Å²) in [4.78, 5) is 4.86. The molecule has 0 unspecified atom stereocenters. The number of oxime groups is 1. The number of hydrogen-bond acceptors (Lipinski definition) is 4. The second-order valence-corrected chi connectivity index (χ2v) is 6.74. The van der Waals surface area contributed by atoms with E-state index in [1.165, 1.54) is 42.0 Å². The van der Waals surface area contributed by atoms with Gasteiger partial charge < -0.3 is 4.84 Å². The Morgan fingerprint density at radius 3 is 2.52 bits per heavy atom. The van der Waals surface area contributed by atoms with Crippen LogP contribution in [0.2, 0.25) is 0 Å². The van der Waals surface area contributed by atoms with Crippen LogP contribution in [0.25, 0.3) is 0 Å². The smallest absolute Gasteiger partial charge is 0.391 e. The van der Waals surface area contributed by atoms with E-state index in [0.29, 0.717) is 0 Å². The van der Waals surface area contributed by atoms with E-state index in [2.05, 4.69) is 5.16 Å². The third-order valence-electron chi connectivity index (χ3n) is 2.38. The first kappa shape index (κ1) is 19.6. The number of benzene rings is 1. The number of halogens is 5. The second-order valence-electron chi connectivity index (χ2n) is 4.06. The summed E-state index contributed by atoms with van der Waals surface area (Å²) in [7, 11) is -5.53. The lowest BCUT2D eigenvalue weighted by Crippen LogP contribution is -2.30. The van der Waals surface area contributed by atoms with Crippen molar-refractivity contribution in [3.8, 4) is 0 Å². The van der Waals surface area contributed by atoms with Crippen molar-refractivity contribution in [3.63, 3.8) is 0 Å². The molecule has 23 heavy (non-hydrogen) atoms. The van der Waals surface area contributed by atoms with Gasteiger partial charge in [0.1, 0.15) is 11.1 Å². The Kier molecular flexibility index (Phi) is 6.72. The van der Waals surface area contributed by atoms with Gasteiger partial charge in [-0.05, 0) is 19.1 Å². The van der Waals surface area contributed by atoms with Crippen LogP contribution in [0.15, 0.2) is 40.0 Å². The second kappa shape index (κ2) is 7.89. The predicted molar refractivity (Wildman–Crippen MR) is 83.0 cm³/mol. The summed E-state index contributed by atoms with van der Waals surface area (Å²) in [5.74, 6) is 0. The fourth-order valence-electron chi connectivity index (χ4n) is 1.37. The summed E-state index contributed by atoms with van der Waals surface area (Å²) in [5, 5.41) is 3.66. The number of sulfonamides is 1. The highest BCUT2D eigenvalue weighted by Gasteiger charge is 2.46. The fourth-order valence-corrected chi connectivity index (χ4v) is 2.08. The maximum atomic E-state index is 12.4. The first-order chi connectivity index (χ1) is 10.5. The van der Waals surface area contributed by atoms with E-state index in [9.17, 15) is 21.6 Å². The lowest BCUT2D eigenvalue weighted by Gasteiger charge is -2.13. The number of nitrogens with zero attached hydrogens (tertiary/aromatic N) is 1. The first-order valence-electron chi connectivity index (χ1n) is 5.91. The molecule has 128 valence electrons. The molecule has 0 spiro atoms. The zero-order valence-electron chi connectivity index (χ0n) is 11.6. The van der Waals surface area contributed by atoms with E-state index in [1.54, 1.807) is 0 Å². The monoisotopic (exact) mass is 390 g/mol. The molecule has 1 aromatic carbocycles. The molecule has 0 amide bonds. The molecule has 0 radical (unpaired) electrons. The minimum absolute atomic E-state index is 0.0313. The van der Waals surface area contributed by atoms with E-state index in [1.807, 2.05) is 0 Å². The molecular weight excluding hydrogens is 380 g/mol. The standard InChI is InChI=1S/C12H11Cl2F3N2O3S/c1-8(18-22-7-6-11(13)14)9-4-2-3-5-10(9)19-23(20,21)12(15,16)17/h2-6,19H,7H2,1H3/b18-8+. The van der Waals surface area contributed by atoms with Crippen LogP contribution in [0.1, 0.15) is 12.5 Å². The Hall–Kier alpha value is -1.45. The summed E-state index contributed by atoms with van der Waals surface area (Å²) >= 11 is 10.7. The van der Waals surface area contributed by atoms with Gasteiger partial charge >= 0.3 is 15.5 Å². The Morgan fingerprint density at radius 2 is 1.96 bits per heavy atom. The number of para-hydroxylation sites is 1. The molecule has 0 saturated carbocycles. The minimum Gasteiger partial charge on any atom is -0.391 e. The summed E-state index contributed by atoms with van der Waals surface area (Å²) < 4.78 is 61.1. The van der Waals surface area contributed by atoms with Crippen molar-refractivity contribution in [1.29, 1.82) is 0 Å². The molecule has 1 aromatic rings. The Bertz CT molecular complexity index is 715. The SMILES string of the molecule is C/C(=N\OCC=C(Cl)Cl)c1ccccc1NS(=O)(=O)C(F)(F)F. The van der Waals surface area contributed by atoms with Crippen LogP contribution < -0.4 is 4.72 Å². The van der Waals surface area contributed by atoms with Gasteiger partial charge in [0.05, 0.1) is 11.4 Å². The van der Waals surface area contributed by atoms with E-state index in [0.717, 1.165) is 0 Å². The van der Waals surface area contributed by atoms with Gasteiger partial charge in [0.2, 0.25) is 0 Å². The Morgan fingerprint density at radius 1 is 1.35 bits per heavy atom. The molecule has 5 nitrogen and oxygen atoms in total. The number of anilines is 1. The van der Waals surface area contributed by atoms with Gasteiger partial charge in [0.25, 0.3) is 0 Å².